The average molecular weight is 317 g/mol. The Morgan fingerprint density at radius 1 is 1.22 bits per heavy atom. The molecule has 0 saturated carbocycles. The fourth-order valence-corrected chi connectivity index (χ4v) is 2.85. The maximum atomic E-state index is 12.7. The second kappa shape index (κ2) is 7.26. The van der Waals surface area contributed by atoms with Gasteiger partial charge in [0, 0.05) is 32.2 Å². The summed E-state index contributed by atoms with van der Waals surface area (Å²) in [7, 11) is 1.61. The Morgan fingerprint density at radius 3 is 2.52 bits per heavy atom. The van der Waals surface area contributed by atoms with Crippen LogP contribution in [0.15, 0.2) is 24.3 Å². The maximum Gasteiger partial charge on any atom is 0.242 e. The summed E-state index contributed by atoms with van der Waals surface area (Å²) in [5.74, 6) is -0.993. The van der Waals surface area contributed by atoms with E-state index in [2.05, 4.69) is 5.32 Å². The van der Waals surface area contributed by atoms with Crippen molar-refractivity contribution < 1.29 is 14.4 Å². The lowest BCUT2D eigenvalue weighted by Crippen LogP contribution is -2.43. The van der Waals surface area contributed by atoms with Crippen LogP contribution in [0.1, 0.15) is 31.7 Å². The van der Waals surface area contributed by atoms with Crippen LogP contribution in [0.4, 0.5) is 5.69 Å². The van der Waals surface area contributed by atoms with Crippen LogP contribution in [0.25, 0.3) is 0 Å². The van der Waals surface area contributed by atoms with Crippen molar-refractivity contribution in [3.8, 4) is 0 Å². The van der Waals surface area contributed by atoms with Crippen LogP contribution in [-0.4, -0.2) is 54.2 Å². The molecule has 0 spiro atoms. The second-order valence-corrected chi connectivity index (χ2v) is 5.65. The van der Waals surface area contributed by atoms with Crippen molar-refractivity contribution in [2.24, 2.45) is 0 Å². The Bertz CT molecular complexity index is 611. The van der Waals surface area contributed by atoms with Gasteiger partial charge in [-0.3, -0.25) is 14.4 Å². The van der Waals surface area contributed by atoms with Gasteiger partial charge in [-0.15, -0.1) is 0 Å². The van der Waals surface area contributed by atoms with Crippen LogP contribution >= 0.6 is 0 Å². The molecule has 0 saturated heterocycles. The molecule has 1 heterocycles. The Kier molecular flexibility index (Phi) is 5.36. The van der Waals surface area contributed by atoms with Gasteiger partial charge < -0.3 is 15.1 Å². The van der Waals surface area contributed by atoms with E-state index in [1.807, 2.05) is 32.0 Å². The number of hydrogen-bond donors (Lipinski definition) is 1. The van der Waals surface area contributed by atoms with E-state index < -0.39 is 5.92 Å². The van der Waals surface area contributed by atoms with Crippen LogP contribution in [0.5, 0.6) is 0 Å². The smallest absolute Gasteiger partial charge is 0.242 e. The summed E-state index contributed by atoms with van der Waals surface area (Å²) < 4.78 is 0. The number of para-hydroxylation sites is 1. The van der Waals surface area contributed by atoms with E-state index >= 15 is 0 Å². The predicted molar refractivity (Wildman–Crippen MR) is 88.0 cm³/mol. The van der Waals surface area contributed by atoms with Gasteiger partial charge in [0.25, 0.3) is 0 Å². The highest BCUT2D eigenvalue weighted by molar-refractivity contribution is 6.01. The summed E-state index contributed by atoms with van der Waals surface area (Å²) in [4.78, 5) is 39.8. The van der Waals surface area contributed by atoms with Crippen LogP contribution in [0, 0.1) is 0 Å². The summed E-state index contributed by atoms with van der Waals surface area (Å²) >= 11 is 0. The van der Waals surface area contributed by atoms with E-state index in [4.69, 9.17) is 0 Å². The highest BCUT2D eigenvalue weighted by atomic mass is 16.2. The fourth-order valence-electron chi connectivity index (χ4n) is 2.85. The first kappa shape index (κ1) is 17.0. The van der Waals surface area contributed by atoms with Crippen LogP contribution in [0.3, 0.4) is 0 Å². The van der Waals surface area contributed by atoms with Gasteiger partial charge in [-0.1, -0.05) is 18.2 Å². The molecule has 6 nitrogen and oxygen atoms in total. The van der Waals surface area contributed by atoms with Crippen molar-refractivity contribution in [1.82, 2.24) is 9.80 Å². The molecule has 1 aliphatic rings. The van der Waals surface area contributed by atoms with Crippen molar-refractivity contribution in [2.45, 2.75) is 26.2 Å². The fraction of sp³-hybridized carbons (Fsp3) is 0.471. The Hall–Kier alpha value is -2.37. The summed E-state index contributed by atoms with van der Waals surface area (Å²) in [5, 5.41) is 2.78. The first-order valence-corrected chi connectivity index (χ1v) is 7.89. The Labute approximate surface area is 136 Å². The molecular formula is C17H23N3O3. The highest BCUT2D eigenvalue weighted by Crippen LogP contribution is 2.33. The van der Waals surface area contributed by atoms with Gasteiger partial charge in [-0.05, 0) is 25.5 Å². The number of amides is 3. The van der Waals surface area contributed by atoms with E-state index in [9.17, 15) is 14.4 Å². The summed E-state index contributed by atoms with van der Waals surface area (Å²) in [6, 6.07) is 7.29. The number of nitrogens with one attached hydrogen (secondary N) is 1. The molecule has 1 aromatic carbocycles. The number of hydrogen-bond acceptors (Lipinski definition) is 3. The van der Waals surface area contributed by atoms with E-state index in [0.717, 1.165) is 5.56 Å². The number of nitrogens with zero attached hydrogens (tertiary/aromatic N) is 2. The predicted octanol–water partition coefficient (Wildman–Crippen LogP) is 1.44. The molecule has 0 bridgehead atoms. The first-order chi connectivity index (χ1) is 11.0. The minimum absolute atomic E-state index is 0.0286. The number of fused-ring (bicyclic) bond motifs is 1. The zero-order valence-corrected chi connectivity index (χ0v) is 13.8. The van der Waals surface area contributed by atoms with Gasteiger partial charge in [0.2, 0.25) is 17.7 Å². The third-order valence-electron chi connectivity index (χ3n) is 4.16. The van der Waals surface area contributed by atoms with Crippen molar-refractivity contribution in [3.63, 3.8) is 0 Å². The molecule has 1 unspecified atom stereocenters. The molecule has 6 heteroatoms. The monoisotopic (exact) mass is 317 g/mol. The van der Waals surface area contributed by atoms with Crippen molar-refractivity contribution in [2.75, 3.05) is 32.0 Å². The van der Waals surface area contributed by atoms with E-state index in [1.54, 1.807) is 18.0 Å². The molecule has 0 aromatic heterocycles. The SMILES string of the molecule is CCN(CC)C(=O)CN(C)C(=O)C1CC(=O)Nc2ccccc21. The molecule has 124 valence electrons. The molecular weight excluding hydrogens is 294 g/mol. The molecule has 3 amide bonds. The lowest BCUT2D eigenvalue weighted by molar-refractivity contribution is -0.140. The summed E-state index contributed by atoms with van der Waals surface area (Å²) in [6.45, 7) is 5.08. The molecule has 1 aromatic rings. The van der Waals surface area contributed by atoms with E-state index in [0.29, 0.717) is 18.8 Å². The minimum atomic E-state index is -0.533. The standard InChI is InChI=1S/C17H23N3O3/c1-4-20(5-2)16(22)11-19(3)17(23)13-10-15(21)18-14-9-7-6-8-12(13)14/h6-9,13H,4-5,10-11H2,1-3H3,(H,18,21). The molecule has 1 atom stereocenters. The third-order valence-corrected chi connectivity index (χ3v) is 4.16. The number of carbonyl (C=O) groups excluding carboxylic acids is 3. The third kappa shape index (κ3) is 3.70. The normalized spacial score (nSPS) is 16.3. The maximum absolute atomic E-state index is 12.7. The minimum Gasteiger partial charge on any atom is -0.342 e. The summed E-state index contributed by atoms with van der Waals surface area (Å²) in [6.07, 6.45) is 0.111. The van der Waals surface area contributed by atoms with Crippen molar-refractivity contribution >= 4 is 23.4 Å². The van der Waals surface area contributed by atoms with Gasteiger partial charge in [-0.25, -0.2) is 0 Å². The second-order valence-electron chi connectivity index (χ2n) is 5.65. The number of rotatable bonds is 5. The van der Waals surface area contributed by atoms with E-state index in [1.165, 1.54) is 4.90 Å². The Balaban J connectivity index is 2.14. The topological polar surface area (TPSA) is 69.7 Å². The van der Waals surface area contributed by atoms with Gasteiger partial charge >= 0.3 is 0 Å². The molecule has 0 aliphatic carbocycles. The number of benzene rings is 1. The molecule has 1 N–H and O–H groups in total. The first-order valence-electron chi connectivity index (χ1n) is 7.89. The van der Waals surface area contributed by atoms with Gasteiger partial charge in [0.05, 0.1) is 12.5 Å². The molecule has 1 aliphatic heterocycles. The lowest BCUT2D eigenvalue weighted by Gasteiger charge is -2.29. The Morgan fingerprint density at radius 2 is 1.87 bits per heavy atom. The van der Waals surface area contributed by atoms with Crippen molar-refractivity contribution in [3.05, 3.63) is 29.8 Å². The van der Waals surface area contributed by atoms with Gasteiger partial charge in [0.1, 0.15) is 0 Å². The van der Waals surface area contributed by atoms with Crippen LogP contribution in [0.2, 0.25) is 0 Å². The molecule has 0 radical (unpaired) electrons. The zero-order chi connectivity index (χ0) is 17.0. The van der Waals surface area contributed by atoms with Gasteiger partial charge in [-0.2, -0.15) is 0 Å². The zero-order valence-electron chi connectivity index (χ0n) is 13.8. The highest BCUT2D eigenvalue weighted by Gasteiger charge is 2.32. The largest absolute Gasteiger partial charge is 0.342 e. The van der Waals surface area contributed by atoms with Gasteiger partial charge in [0.15, 0.2) is 0 Å². The van der Waals surface area contributed by atoms with E-state index in [-0.39, 0.29) is 30.7 Å². The quantitative estimate of drug-likeness (QED) is 0.893. The molecule has 0 fully saturated rings. The average Bonchev–Trinajstić information content (AvgIpc) is 2.54. The van der Waals surface area contributed by atoms with Crippen LogP contribution < -0.4 is 5.32 Å². The molecule has 23 heavy (non-hydrogen) atoms. The van der Waals surface area contributed by atoms with Crippen LogP contribution in [-0.2, 0) is 14.4 Å². The summed E-state index contributed by atoms with van der Waals surface area (Å²) in [5.41, 5.74) is 1.48. The number of carbonyl (C=O) groups is 3. The number of anilines is 1. The van der Waals surface area contributed by atoms with Crippen molar-refractivity contribution in [1.29, 1.82) is 0 Å². The number of likely N-dealkylation sites (N-methyl/N-ethyl adjacent to an activating group) is 2. The molecule has 2 rings (SSSR count). The lowest BCUT2D eigenvalue weighted by atomic mass is 9.89.